The quantitative estimate of drug-likeness (QED) is 0.622. The Bertz CT molecular complexity index is 816. The number of fused-ring (bicyclic) bond motifs is 1. The number of benzene rings is 1. The molecule has 1 aromatic carbocycles. The molecule has 0 atom stereocenters. The van der Waals surface area contributed by atoms with Crippen molar-refractivity contribution in [3.8, 4) is 5.69 Å². The van der Waals surface area contributed by atoms with Crippen LogP contribution in [0.4, 0.5) is 0 Å². The molecule has 0 aliphatic carbocycles. The zero-order valence-corrected chi connectivity index (χ0v) is 12.6. The second kappa shape index (κ2) is 4.48. The predicted octanol–water partition coefficient (Wildman–Crippen LogP) is 3.20. The molecule has 4 nitrogen and oxygen atoms in total. The number of halogens is 1. The molecule has 0 aliphatic rings. The minimum absolute atomic E-state index is 0.350. The lowest BCUT2D eigenvalue weighted by atomic mass is 10.2. The Hall–Kier alpha value is -1.63. The topological polar surface area (TPSA) is 48.0 Å². The van der Waals surface area contributed by atoms with Crippen LogP contribution >= 0.6 is 22.6 Å². The zero-order valence-electron chi connectivity index (χ0n) is 10.5. The van der Waals surface area contributed by atoms with Crippen LogP contribution in [0, 0.1) is 17.4 Å². The largest absolute Gasteiger partial charge is 0.403 e. The fraction of sp³-hybridized carbons (Fsp3) is 0.143. The molecule has 0 saturated carbocycles. The van der Waals surface area contributed by atoms with Crippen LogP contribution in [-0.4, -0.2) is 9.78 Å². The average molecular weight is 366 g/mol. The fourth-order valence-corrected chi connectivity index (χ4v) is 2.54. The van der Waals surface area contributed by atoms with E-state index in [0.29, 0.717) is 5.71 Å². The summed E-state index contributed by atoms with van der Waals surface area (Å²) in [5, 5.41) is 5.37. The Kier molecular flexibility index (Phi) is 2.93. The second-order valence-electron chi connectivity index (χ2n) is 4.40. The summed E-state index contributed by atoms with van der Waals surface area (Å²) in [5.41, 5.74) is 2.78. The summed E-state index contributed by atoms with van der Waals surface area (Å²) in [6.07, 6.45) is 0. The van der Waals surface area contributed by atoms with E-state index in [0.717, 1.165) is 25.9 Å². The van der Waals surface area contributed by atoms with Gasteiger partial charge in [-0.2, -0.15) is 9.78 Å². The maximum atomic E-state index is 11.5. The van der Waals surface area contributed by atoms with Gasteiger partial charge < -0.3 is 4.42 Å². The lowest BCUT2D eigenvalue weighted by molar-refractivity contribution is 0.534. The molecule has 0 fully saturated rings. The standard InChI is InChI=1S/C14H11IN2O2/c1-8-7-12(18)19-14-13(8)9(2)16-17(14)11-5-3-10(15)4-6-11/h3-7H,1-2H3. The monoisotopic (exact) mass is 366 g/mol. The molecule has 0 radical (unpaired) electrons. The van der Waals surface area contributed by atoms with Gasteiger partial charge in [0.25, 0.3) is 0 Å². The molecule has 0 bridgehead atoms. The smallest absolute Gasteiger partial charge is 0.337 e. The van der Waals surface area contributed by atoms with Crippen LogP contribution in [0.15, 0.2) is 39.5 Å². The summed E-state index contributed by atoms with van der Waals surface area (Å²) in [6.45, 7) is 3.81. The van der Waals surface area contributed by atoms with E-state index in [2.05, 4.69) is 27.7 Å². The minimum atomic E-state index is -0.350. The molecular weight excluding hydrogens is 355 g/mol. The summed E-state index contributed by atoms with van der Waals surface area (Å²) in [5.74, 6) is 0. The molecular formula is C14H11IN2O2. The van der Waals surface area contributed by atoms with Crippen LogP contribution in [0.5, 0.6) is 0 Å². The van der Waals surface area contributed by atoms with E-state index in [1.807, 2.05) is 38.1 Å². The van der Waals surface area contributed by atoms with Crippen molar-refractivity contribution in [3.63, 3.8) is 0 Å². The Balaban J connectivity index is 2.36. The molecule has 0 unspecified atom stereocenters. The molecule has 0 aliphatic heterocycles. The van der Waals surface area contributed by atoms with Crippen molar-refractivity contribution in [3.05, 3.63) is 55.6 Å². The van der Waals surface area contributed by atoms with Crippen molar-refractivity contribution in [2.45, 2.75) is 13.8 Å². The van der Waals surface area contributed by atoms with E-state index in [4.69, 9.17) is 4.42 Å². The highest BCUT2D eigenvalue weighted by Crippen LogP contribution is 2.23. The number of aromatic nitrogens is 2. The van der Waals surface area contributed by atoms with Crippen molar-refractivity contribution in [1.29, 1.82) is 0 Å². The van der Waals surface area contributed by atoms with Crippen molar-refractivity contribution in [1.82, 2.24) is 9.78 Å². The summed E-state index contributed by atoms with van der Waals surface area (Å²) in [6, 6.07) is 9.39. The van der Waals surface area contributed by atoms with E-state index < -0.39 is 0 Å². The van der Waals surface area contributed by atoms with Crippen LogP contribution < -0.4 is 5.63 Å². The van der Waals surface area contributed by atoms with Crippen LogP contribution in [0.2, 0.25) is 0 Å². The SMILES string of the molecule is Cc1cc(=O)oc2c1c(C)nn2-c1ccc(I)cc1. The lowest BCUT2D eigenvalue weighted by Crippen LogP contribution is -2.01. The molecule has 2 aromatic heterocycles. The van der Waals surface area contributed by atoms with Gasteiger partial charge in [-0.05, 0) is 66.3 Å². The highest BCUT2D eigenvalue weighted by molar-refractivity contribution is 14.1. The van der Waals surface area contributed by atoms with Gasteiger partial charge in [0.05, 0.1) is 16.8 Å². The lowest BCUT2D eigenvalue weighted by Gasteiger charge is -2.02. The molecule has 0 saturated heterocycles. The Morgan fingerprint density at radius 3 is 2.58 bits per heavy atom. The molecule has 19 heavy (non-hydrogen) atoms. The maximum absolute atomic E-state index is 11.5. The first kappa shape index (κ1) is 12.4. The van der Waals surface area contributed by atoms with E-state index in [1.165, 1.54) is 6.07 Å². The predicted molar refractivity (Wildman–Crippen MR) is 81.8 cm³/mol. The summed E-state index contributed by atoms with van der Waals surface area (Å²) < 4.78 is 8.14. The summed E-state index contributed by atoms with van der Waals surface area (Å²) >= 11 is 2.25. The van der Waals surface area contributed by atoms with Gasteiger partial charge in [0.1, 0.15) is 0 Å². The third-order valence-electron chi connectivity index (χ3n) is 3.02. The van der Waals surface area contributed by atoms with E-state index in [-0.39, 0.29) is 5.63 Å². The third kappa shape index (κ3) is 2.07. The Morgan fingerprint density at radius 1 is 1.21 bits per heavy atom. The van der Waals surface area contributed by atoms with Gasteiger partial charge in [0, 0.05) is 9.64 Å². The molecule has 3 aromatic rings. The Morgan fingerprint density at radius 2 is 1.89 bits per heavy atom. The highest BCUT2D eigenvalue weighted by Gasteiger charge is 2.14. The van der Waals surface area contributed by atoms with E-state index >= 15 is 0 Å². The number of nitrogens with zero attached hydrogens (tertiary/aromatic N) is 2. The zero-order chi connectivity index (χ0) is 13.6. The van der Waals surface area contributed by atoms with Gasteiger partial charge in [-0.1, -0.05) is 0 Å². The van der Waals surface area contributed by atoms with Crippen LogP contribution in [-0.2, 0) is 0 Å². The maximum Gasteiger partial charge on any atom is 0.337 e. The Labute approximate surface area is 123 Å². The van der Waals surface area contributed by atoms with Crippen molar-refractivity contribution >= 4 is 33.7 Å². The second-order valence-corrected chi connectivity index (χ2v) is 5.65. The number of aryl methyl sites for hydroxylation is 2. The molecule has 96 valence electrons. The molecule has 0 N–H and O–H groups in total. The first-order valence-electron chi connectivity index (χ1n) is 5.82. The number of hydrogen-bond donors (Lipinski definition) is 0. The van der Waals surface area contributed by atoms with Crippen LogP contribution in [0.1, 0.15) is 11.3 Å². The van der Waals surface area contributed by atoms with Gasteiger partial charge in [0.2, 0.25) is 5.71 Å². The van der Waals surface area contributed by atoms with Gasteiger partial charge in [-0.25, -0.2) is 4.79 Å². The third-order valence-corrected chi connectivity index (χ3v) is 3.73. The average Bonchev–Trinajstić information content (AvgIpc) is 2.67. The van der Waals surface area contributed by atoms with Gasteiger partial charge in [-0.3, -0.25) is 0 Å². The van der Waals surface area contributed by atoms with Crippen molar-refractivity contribution in [2.75, 3.05) is 0 Å². The first-order valence-corrected chi connectivity index (χ1v) is 6.90. The number of hydrogen-bond acceptors (Lipinski definition) is 3. The molecule has 0 amide bonds. The highest BCUT2D eigenvalue weighted by atomic mass is 127. The minimum Gasteiger partial charge on any atom is -0.403 e. The van der Waals surface area contributed by atoms with Gasteiger partial charge in [0.15, 0.2) is 0 Å². The molecule has 2 heterocycles. The summed E-state index contributed by atoms with van der Waals surface area (Å²) in [7, 11) is 0. The van der Waals surface area contributed by atoms with E-state index in [9.17, 15) is 4.79 Å². The number of rotatable bonds is 1. The molecule has 5 heteroatoms. The van der Waals surface area contributed by atoms with E-state index in [1.54, 1.807) is 4.68 Å². The summed E-state index contributed by atoms with van der Waals surface area (Å²) in [4.78, 5) is 11.5. The molecule has 3 rings (SSSR count). The van der Waals surface area contributed by atoms with Crippen LogP contribution in [0.25, 0.3) is 16.8 Å². The van der Waals surface area contributed by atoms with Crippen molar-refractivity contribution in [2.24, 2.45) is 0 Å². The van der Waals surface area contributed by atoms with Gasteiger partial charge >= 0.3 is 5.63 Å². The fourth-order valence-electron chi connectivity index (χ4n) is 2.19. The first-order chi connectivity index (χ1) is 9.06. The molecule has 0 spiro atoms. The van der Waals surface area contributed by atoms with Crippen molar-refractivity contribution < 1.29 is 4.42 Å². The normalized spacial score (nSPS) is 11.1. The van der Waals surface area contributed by atoms with Gasteiger partial charge in [-0.15, -0.1) is 0 Å². The van der Waals surface area contributed by atoms with Crippen LogP contribution in [0.3, 0.4) is 0 Å².